The van der Waals surface area contributed by atoms with Gasteiger partial charge in [0.15, 0.2) is 11.4 Å². The Labute approximate surface area is 331 Å². The highest BCUT2D eigenvalue weighted by molar-refractivity contribution is 6.25. The van der Waals surface area contributed by atoms with E-state index in [0.29, 0.717) is 5.58 Å². The highest BCUT2D eigenvalue weighted by Crippen LogP contribution is 2.41. The Kier molecular flexibility index (Phi) is 7.75. The monoisotopic (exact) mass is 730 g/mol. The number of aryl methyl sites for hydroxylation is 1. The molecule has 1 aliphatic carbocycles. The topological polar surface area (TPSA) is 38.9 Å². The van der Waals surface area contributed by atoms with Crippen LogP contribution in [0.25, 0.3) is 105 Å². The van der Waals surface area contributed by atoms with Crippen LogP contribution >= 0.6 is 0 Å². The summed E-state index contributed by atoms with van der Waals surface area (Å²) < 4.78 is 6.53. The Morgan fingerprint density at radius 3 is 1.86 bits per heavy atom. The molecule has 0 amide bonds. The van der Waals surface area contributed by atoms with Gasteiger partial charge in [0.1, 0.15) is 16.8 Å². The van der Waals surface area contributed by atoms with Gasteiger partial charge in [0.25, 0.3) is 0 Å². The first kappa shape index (κ1) is 33.3. The minimum Gasteiger partial charge on any atom is -0.452 e. The number of aromatic nitrogens is 2. The third-order valence-electron chi connectivity index (χ3n) is 11.9. The van der Waals surface area contributed by atoms with E-state index in [9.17, 15) is 0 Å². The first-order chi connectivity index (χ1) is 28.1. The van der Waals surface area contributed by atoms with E-state index in [0.717, 1.165) is 63.1 Å². The molecule has 11 rings (SSSR count). The molecule has 270 valence electrons. The quantitative estimate of drug-likeness (QED) is 0.166. The van der Waals surface area contributed by atoms with E-state index in [2.05, 4.69) is 166 Å². The molecular formula is C54H38N2O. The van der Waals surface area contributed by atoms with Crippen molar-refractivity contribution >= 4 is 60.0 Å². The van der Waals surface area contributed by atoms with E-state index in [-0.39, 0.29) is 0 Å². The van der Waals surface area contributed by atoms with Gasteiger partial charge in [0.05, 0.1) is 0 Å². The smallest absolute Gasteiger partial charge is 0.180 e. The summed E-state index contributed by atoms with van der Waals surface area (Å²) in [6.45, 7) is 4.48. The maximum atomic E-state index is 6.53. The van der Waals surface area contributed by atoms with Crippen LogP contribution in [0.15, 0.2) is 174 Å². The molecule has 0 fully saturated rings. The van der Waals surface area contributed by atoms with Crippen molar-refractivity contribution < 1.29 is 4.42 Å². The largest absolute Gasteiger partial charge is 0.452 e. The third-order valence-corrected chi connectivity index (χ3v) is 11.9. The number of allylic oxidation sites excluding steroid dienone is 4. The molecule has 0 unspecified atom stereocenters. The van der Waals surface area contributed by atoms with E-state index < -0.39 is 0 Å². The SMILES string of the molecule is Cc1cc(-c2ccc3oc4c(-c5ccccc5)nc(C5=CCCC=C5)nc4c3c2)ccc1-c1cccc(-c2ccc3c4ccccc4c4ccccc4c3c2)c1C. The number of nitrogens with zero attached hydrogens (tertiary/aromatic N) is 2. The molecule has 0 aliphatic heterocycles. The normalized spacial score (nSPS) is 13.0. The summed E-state index contributed by atoms with van der Waals surface area (Å²) in [6, 6.07) is 54.9. The predicted octanol–water partition coefficient (Wildman–Crippen LogP) is 14.9. The molecule has 8 aromatic carbocycles. The third kappa shape index (κ3) is 5.50. The second-order valence-electron chi connectivity index (χ2n) is 15.3. The average molecular weight is 731 g/mol. The molecule has 0 atom stereocenters. The van der Waals surface area contributed by atoms with Gasteiger partial charge in [0.2, 0.25) is 0 Å². The highest BCUT2D eigenvalue weighted by atomic mass is 16.3. The van der Waals surface area contributed by atoms with E-state index >= 15 is 0 Å². The van der Waals surface area contributed by atoms with Gasteiger partial charge >= 0.3 is 0 Å². The van der Waals surface area contributed by atoms with E-state index in [1.807, 2.05) is 18.2 Å². The molecule has 3 heteroatoms. The van der Waals surface area contributed by atoms with Crippen molar-refractivity contribution in [3.05, 3.63) is 187 Å². The molecule has 10 aromatic rings. The number of fused-ring (bicyclic) bond motifs is 9. The number of hydrogen-bond donors (Lipinski definition) is 0. The van der Waals surface area contributed by atoms with E-state index in [1.165, 1.54) is 65.7 Å². The molecule has 0 bridgehead atoms. The molecule has 0 radical (unpaired) electrons. The van der Waals surface area contributed by atoms with Gasteiger partial charge in [-0.25, -0.2) is 9.97 Å². The van der Waals surface area contributed by atoms with Crippen molar-refractivity contribution in [2.75, 3.05) is 0 Å². The molecular weight excluding hydrogens is 693 g/mol. The van der Waals surface area contributed by atoms with Crippen molar-refractivity contribution in [2.24, 2.45) is 0 Å². The molecule has 3 nitrogen and oxygen atoms in total. The van der Waals surface area contributed by atoms with Gasteiger partial charge < -0.3 is 4.42 Å². The van der Waals surface area contributed by atoms with Crippen LogP contribution in [-0.4, -0.2) is 9.97 Å². The maximum absolute atomic E-state index is 6.53. The fraction of sp³-hybridized carbons (Fsp3) is 0.0741. The first-order valence-electron chi connectivity index (χ1n) is 19.8. The number of furan rings is 1. The van der Waals surface area contributed by atoms with Crippen molar-refractivity contribution in [1.29, 1.82) is 0 Å². The van der Waals surface area contributed by atoms with Gasteiger partial charge in [-0.15, -0.1) is 0 Å². The van der Waals surface area contributed by atoms with Crippen LogP contribution in [0.2, 0.25) is 0 Å². The van der Waals surface area contributed by atoms with Gasteiger partial charge in [-0.2, -0.15) is 0 Å². The first-order valence-corrected chi connectivity index (χ1v) is 19.8. The van der Waals surface area contributed by atoms with Crippen LogP contribution in [0.5, 0.6) is 0 Å². The zero-order valence-electron chi connectivity index (χ0n) is 31.9. The summed E-state index contributed by atoms with van der Waals surface area (Å²) in [4.78, 5) is 10.2. The molecule has 2 aromatic heterocycles. The Bertz CT molecular complexity index is 3280. The Hall–Kier alpha value is -7.10. The second kappa shape index (κ2) is 13.3. The van der Waals surface area contributed by atoms with E-state index in [4.69, 9.17) is 14.4 Å². The van der Waals surface area contributed by atoms with Gasteiger partial charge in [0, 0.05) is 16.5 Å². The minimum absolute atomic E-state index is 0.715. The standard InChI is InChI=1S/C54H38N2O/c1-33-30-37(38-26-29-50-49(31-38)52-53(57-50)51(35-14-5-3-6-15-35)55-54(56-52)36-16-7-4-8-17-36)24-27-40(33)42-23-13-22-41(34(42)2)39-25-28-47-45-20-10-9-18-43(45)44-19-11-12-21-46(44)48(47)32-39/h3,5-7,9-32H,4,8H2,1-2H3. The lowest BCUT2D eigenvalue weighted by Gasteiger charge is -2.16. The molecule has 0 saturated heterocycles. The van der Waals surface area contributed by atoms with Crippen LogP contribution in [0.4, 0.5) is 0 Å². The zero-order valence-corrected chi connectivity index (χ0v) is 31.9. The Balaban J connectivity index is 0.992. The highest BCUT2D eigenvalue weighted by Gasteiger charge is 2.20. The van der Waals surface area contributed by atoms with Crippen molar-refractivity contribution in [1.82, 2.24) is 9.97 Å². The van der Waals surface area contributed by atoms with Crippen molar-refractivity contribution in [3.63, 3.8) is 0 Å². The van der Waals surface area contributed by atoms with Gasteiger partial charge in [-0.1, -0.05) is 152 Å². The maximum Gasteiger partial charge on any atom is 0.180 e. The molecule has 0 spiro atoms. The second-order valence-corrected chi connectivity index (χ2v) is 15.3. The molecule has 57 heavy (non-hydrogen) atoms. The summed E-state index contributed by atoms with van der Waals surface area (Å²) in [5.74, 6) is 0.730. The summed E-state index contributed by atoms with van der Waals surface area (Å²) in [6.07, 6.45) is 8.60. The molecule has 2 heterocycles. The Morgan fingerprint density at radius 1 is 0.474 bits per heavy atom. The average Bonchev–Trinajstić information content (AvgIpc) is 3.65. The van der Waals surface area contributed by atoms with Gasteiger partial charge in [-0.3, -0.25) is 0 Å². The summed E-state index contributed by atoms with van der Waals surface area (Å²) in [7, 11) is 0. The van der Waals surface area contributed by atoms with Crippen LogP contribution in [0.1, 0.15) is 29.8 Å². The number of rotatable bonds is 5. The van der Waals surface area contributed by atoms with Crippen molar-refractivity contribution in [3.8, 4) is 44.6 Å². The lowest BCUT2D eigenvalue weighted by Crippen LogP contribution is -1.98. The Morgan fingerprint density at radius 2 is 1.12 bits per heavy atom. The van der Waals surface area contributed by atoms with Crippen LogP contribution in [0.3, 0.4) is 0 Å². The van der Waals surface area contributed by atoms with Crippen molar-refractivity contribution in [2.45, 2.75) is 26.7 Å². The zero-order chi connectivity index (χ0) is 38.0. The van der Waals surface area contributed by atoms with Crippen LogP contribution in [-0.2, 0) is 0 Å². The predicted molar refractivity (Wildman–Crippen MR) is 239 cm³/mol. The molecule has 1 aliphatic rings. The fourth-order valence-corrected chi connectivity index (χ4v) is 8.98. The van der Waals surface area contributed by atoms with Gasteiger partial charge in [-0.05, 0) is 122 Å². The summed E-state index contributed by atoms with van der Waals surface area (Å²) in [5, 5.41) is 8.75. The fourth-order valence-electron chi connectivity index (χ4n) is 8.98. The molecule has 0 saturated carbocycles. The van der Waals surface area contributed by atoms with Crippen LogP contribution < -0.4 is 0 Å². The number of benzene rings is 8. The van der Waals surface area contributed by atoms with Crippen LogP contribution in [0, 0.1) is 13.8 Å². The van der Waals surface area contributed by atoms with E-state index in [1.54, 1.807) is 0 Å². The molecule has 0 N–H and O–H groups in total. The lowest BCUT2D eigenvalue weighted by atomic mass is 9.88. The number of hydrogen-bond acceptors (Lipinski definition) is 3. The minimum atomic E-state index is 0.715. The summed E-state index contributed by atoms with van der Waals surface area (Å²) >= 11 is 0. The summed E-state index contributed by atoms with van der Waals surface area (Å²) in [5.41, 5.74) is 15.0. The lowest BCUT2D eigenvalue weighted by molar-refractivity contribution is 0.667.